The van der Waals surface area contributed by atoms with E-state index < -0.39 is 29.3 Å². The standard InChI is InChI=1S/C26H25ClFN7O4/c1-12-4-5-15(16(27)8-12)21-19(23(36)31-11-14(9-29)10-30-3)13(2)32-25(34-21)35-26-33-18-7-6-17(28)20(24(37)38)22(18)39-26/h4-10,21H,11,29H2,1-3H3,(H,31,36)(H,37,38)(H2,32,33,34,35). The Hall–Kier alpha value is -4.71. The summed E-state index contributed by atoms with van der Waals surface area (Å²) in [4.78, 5) is 37.6. The number of aromatic nitrogens is 1. The Balaban J connectivity index is 1.70. The number of carbonyl (C=O) groups is 2. The van der Waals surface area contributed by atoms with Gasteiger partial charge in [-0.15, -0.1) is 0 Å². The number of rotatable bonds is 7. The molecule has 2 aromatic carbocycles. The third-order valence-electron chi connectivity index (χ3n) is 5.84. The van der Waals surface area contributed by atoms with E-state index in [2.05, 4.69) is 30.9 Å². The quantitative estimate of drug-likeness (QED) is 0.276. The van der Waals surface area contributed by atoms with Crippen molar-refractivity contribution in [1.29, 1.82) is 0 Å². The predicted octanol–water partition coefficient (Wildman–Crippen LogP) is 3.67. The summed E-state index contributed by atoms with van der Waals surface area (Å²) in [6, 6.07) is 6.75. The first kappa shape index (κ1) is 27.3. The number of aromatic carboxylic acids is 1. The van der Waals surface area contributed by atoms with Crippen LogP contribution in [-0.2, 0) is 4.79 Å². The van der Waals surface area contributed by atoms with E-state index in [-0.39, 0.29) is 29.6 Å². The molecule has 6 N–H and O–H groups in total. The second kappa shape index (κ2) is 11.4. The maximum Gasteiger partial charge on any atom is 0.342 e. The highest BCUT2D eigenvalue weighted by atomic mass is 35.5. The molecule has 0 radical (unpaired) electrons. The van der Waals surface area contributed by atoms with Crippen molar-refractivity contribution >= 4 is 52.8 Å². The number of carboxylic acids is 1. The van der Waals surface area contributed by atoms with Gasteiger partial charge < -0.3 is 25.9 Å². The minimum atomic E-state index is -1.49. The monoisotopic (exact) mass is 553 g/mol. The van der Waals surface area contributed by atoms with Gasteiger partial charge in [0.25, 0.3) is 5.91 Å². The van der Waals surface area contributed by atoms with Gasteiger partial charge in [-0.3, -0.25) is 15.1 Å². The number of nitrogens with two attached hydrogens (primary N) is 1. The Morgan fingerprint density at radius 1 is 1.31 bits per heavy atom. The van der Waals surface area contributed by atoms with E-state index in [1.54, 1.807) is 26.1 Å². The van der Waals surface area contributed by atoms with Crippen molar-refractivity contribution in [1.82, 2.24) is 15.6 Å². The van der Waals surface area contributed by atoms with Gasteiger partial charge in [0.05, 0.1) is 5.57 Å². The molecule has 1 amide bonds. The van der Waals surface area contributed by atoms with E-state index >= 15 is 0 Å². The molecule has 1 aliphatic rings. The Kier molecular flexibility index (Phi) is 7.96. The van der Waals surface area contributed by atoms with Crippen LogP contribution in [0, 0.1) is 12.7 Å². The molecule has 0 aliphatic carbocycles. The number of allylic oxidation sites excluding steroid dienone is 1. The average molecular weight is 554 g/mol. The van der Waals surface area contributed by atoms with Crippen molar-refractivity contribution in [2.45, 2.75) is 19.9 Å². The maximum atomic E-state index is 14.1. The summed E-state index contributed by atoms with van der Waals surface area (Å²) in [5, 5.41) is 18.5. The largest absolute Gasteiger partial charge is 0.477 e. The minimum absolute atomic E-state index is 0.129. The zero-order chi connectivity index (χ0) is 28.3. The first-order chi connectivity index (χ1) is 18.6. The molecular weight excluding hydrogens is 529 g/mol. The summed E-state index contributed by atoms with van der Waals surface area (Å²) in [5.74, 6) is -2.70. The first-order valence-corrected chi connectivity index (χ1v) is 12.0. The van der Waals surface area contributed by atoms with Crippen LogP contribution in [0.5, 0.6) is 0 Å². The number of nitrogens with one attached hydrogen (secondary N) is 3. The normalized spacial score (nSPS) is 15.9. The fraction of sp³-hybridized carbons (Fsp3) is 0.192. The SMILES string of the molecule is CN=CC(=CN)CNC(=O)C1=C(C)NC(Nc2nc3ccc(F)c(C(=O)O)c3o2)=NC1c1ccc(C)cc1Cl. The number of nitrogens with zero attached hydrogens (tertiary/aromatic N) is 3. The molecule has 2 heterocycles. The van der Waals surface area contributed by atoms with Crippen LogP contribution >= 0.6 is 11.6 Å². The van der Waals surface area contributed by atoms with Gasteiger partial charge in [0.15, 0.2) is 5.58 Å². The van der Waals surface area contributed by atoms with E-state index in [4.69, 9.17) is 21.8 Å². The average Bonchev–Trinajstić information content (AvgIpc) is 3.27. The molecule has 0 saturated heterocycles. The molecule has 1 aliphatic heterocycles. The van der Waals surface area contributed by atoms with Crippen LogP contribution in [0.2, 0.25) is 5.02 Å². The predicted molar refractivity (Wildman–Crippen MR) is 146 cm³/mol. The molecule has 11 nitrogen and oxygen atoms in total. The van der Waals surface area contributed by atoms with Crippen molar-refractivity contribution in [3.05, 3.63) is 80.9 Å². The van der Waals surface area contributed by atoms with Gasteiger partial charge in [-0.2, -0.15) is 4.98 Å². The van der Waals surface area contributed by atoms with Crippen LogP contribution in [0.1, 0.15) is 34.5 Å². The fourth-order valence-electron chi connectivity index (χ4n) is 4.03. The molecular formula is C26H25ClFN7O4. The van der Waals surface area contributed by atoms with Crippen LogP contribution in [-0.4, -0.2) is 47.7 Å². The number of oxazole rings is 1. The van der Waals surface area contributed by atoms with Crippen LogP contribution in [0.3, 0.4) is 0 Å². The summed E-state index contributed by atoms with van der Waals surface area (Å²) in [6.07, 6.45) is 2.89. The number of benzene rings is 2. The minimum Gasteiger partial charge on any atom is -0.477 e. The van der Waals surface area contributed by atoms with Gasteiger partial charge in [-0.05, 0) is 37.6 Å². The van der Waals surface area contributed by atoms with Gasteiger partial charge in [0, 0.05) is 47.9 Å². The van der Waals surface area contributed by atoms with Crippen molar-refractivity contribution in [3.63, 3.8) is 0 Å². The lowest BCUT2D eigenvalue weighted by Crippen LogP contribution is -2.39. The lowest BCUT2D eigenvalue weighted by molar-refractivity contribution is -0.117. The summed E-state index contributed by atoms with van der Waals surface area (Å²) in [5.41, 5.74) is 7.76. The van der Waals surface area contributed by atoms with Crippen molar-refractivity contribution < 1.29 is 23.5 Å². The Bertz CT molecular complexity index is 1590. The highest BCUT2D eigenvalue weighted by Gasteiger charge is 2.31. The van der Waals surface area contributed by atoms with Gasteiger partial charge in [0.1, 0.15) is 22.9 Å². The topological polar surface area (TPSA) is 167 Å². The number of guanidine groups is 1. The summed E-state index contributed by atoms with van der Waals surface area (Å²) in [6.45, 7) is 3.72. The van der Waals surface area contributed by atoms with Crippen molar-refractivity contribution in [3.8, 4) is 0 Å². The van der Waals surface area contributed by atoms with Gasteiger partial charge >= 0.3 is 12.0 Å². The molecule has 1 unspecified atom stereocenters. The second-order valence-electron chi connectivity index (χ2n) is 8.60. The number of hydrogen-bond donors (Lipinski definition) is 5. The number of hydrogen-bond acceptors (Lipinski definition) is 9. The smallest absolute Gasteiger partial charge is 0.342 e. The lowest BCUT2D eigenvalue weighted by Gasteiger charge is -2.27. The molecule has 39 heavy (non-hydrogen) atoms. The van der Waals surface area contributed by atoms with E-state index in [0.717, 1.165) is 11.6 Å². The molecule has 1 atom stereocenters. The molecule has 0 spiro atoms. The number of anilines is 1. The number of carbonyl (C=O) groups excluding carboxylic acids is 1. The van der Waals surface area contributed by atoms with E-state index in [1.807, 2.05) is 13.0 Å². The number of amides is 1. The maximum absolute atomic E-state index is 14.1. The molecule has 0 saturated carbocycles. The number of halogens is 2. The van der Waals surface area contributed by atoms with Crippen LogP contribution in [0.15, 0.2) is 67.8 Å². The number of aryl methyl sites for hydroxylation is 1. The Morgan fingerprint density at radius 3 is 2.74 bits per heavy atom. The highest BCUT2D eigenvalue weighted by Crippen LogP contribution is 2.35. The third-order valence-corrected chi connectivity index (χ3v) is 6.17. The molecule has 4 rings (SSSR count). The third kappa shape index (κ3) is 5.75. The molecule has 1 aromatic heterocycles. The molecule has 0 fully saturated rings. The first-order valence-electron chi connectivity index (χ1n) is 11.6. The number of carboxylic acid groups (broad SMARTS) is 1. The summed E-state index contributed by atoms with van der Waals surface area (Å²) < 4.78 is 19.6. The molecule has 0 bridgehead atoms. The van der Waals surface area contributed by atoms with Crippen LogP contribution in [0.25, 0.3) is 11.1 Å². The zero-order valence-electron chi connectivity index (χ0n) is 21.2. The van der Waals surface area contributed by atoms with Crippen molar-refractivity contribution in [2.24, 2.45) is 15.7 Å². The summed E-state index contributed by atoms with van der Waals surface area (Å²) >= 11 is 6.57. The Labute approximate surface area is 227 Å². The summed E-state index contributed by atoms with van der Waals surface area (Å²) in [7, 11) is 1.59. The van der Waals surface area contributed by atoms with E-state index in [0.29, 0.717) is 27.4 Å². The second-order valence-corrected chi connectivity index (χ2v) is 9.01. The zero-order valence-corrected chi connectivity index (χ0v) is 21.9. The number of fused-ring (bicyclic) bond motifs is 1. The van der Waals surface area contributed by atoms with E-state index in [9.17, 15) is 19.1 Å². The van der Waals surface area contributed by atoms with E-state index in [1.165, 1.54) is 18.5 Å². The fourth-order valence-corrected chi connectivity index (χ4v) is 4.36. The van der Waals surface area contributed by atoms with Crippen LogP contribution < -0.4 is 21.7 Å². The molecule has 202 valence electrons. The highest BCUT2D eigenvalue weighted by molar-refractivity contribution is 6.31. The molecule has 13 heteroatoms. The van der Waals surface area contributed by atoms with Crippen molar-refractivity contribution in [2.75, 3.05) is 18.9 Å². The van der Waals surface area contributed by atoms with Gasteiger partial charge in [-0.1, -0.05) is 23.7 Å². The lowest BCUT2D eigenvalue weighted by atomic mass is 9.95. The van der Waals surface area contributed by atoms with Gasteiger partial charge in [-0.25, -0.2) is 14.2 Å². The van der Waals surface area contributed by atoms with Gasteiger partial charge in [0.2, 0.25) is 5.96 Å². The Morgan fingerprint density at radius 2 is 2.08 bits per heavy atom. The molecule has 3 aromatic rings. The van der Waals surface area contributed by atoms with Crippen LogP contribution in [0.4, 0.5) is 10.4 Å². The number of aliphatic imine (C=N–C) groups is 2.